The maximum atomic E-state index is 12.2. The molecule has 0 aliphatic heterocycles. The minimum atomic E-state index is -2.90. The van der Waals surface area contributed by atoms with Crippen LogP contribution in [0, 0.1) is 6.92 Å². The maximum absolute atomic E-state index is 12.2. The van der Waals surface area contributed by atoms with Crippen LogP contribution < -0.4 is 10.1 Å². The van der Waals surface area contributed by atoms with Crippen LogP contribution in [0.1, 0.15) is 12.5 Å². The normalized spacial score (nSPS) is 11.0. The molecule has 0 aliphatic rings. The van der Waals surface area contributed by atoms with Gasteiger partial charge >= 0.3 is 6.61 Å². The van der Waals surface area contributed by atoms with E-state index in [1.54, 1.807) is 6.92 Å². The van der Waals surface area contributed by atoms with Crippen molar-refractivity contribution in [1.29, 1.82) is 0 Å². The van der Waals surface area contributed by atoms with Crippen molar-refractivity contribution in [3.63, 3.8) is 0 Å². The fourth-order valence-corrected chi connectivity index (χ4v) is 3.24. The molecule has 0 bridgehead atoms. The van der Waals surface area contributed by atoms with Gasteiger partial charge in [0.25, 0.3) is 0 Å². The van der Waals surface area contributed by atoms with E-state index >= 15 is 0 Å². The fraction of sp³-hybridized carbons (Fsp3) is 0.188. The van der Waals surface area contributed by atoms with Crippen molar-refractivity contribution in [3.05, 3.63) is 36.0 Å². The van der Waals surface area contributed by atoms with Gasteiger partial charge in [-0.2, -0.15) is 8.78 Å². The molecular weight excluding hydrogens is 336 g/mol. The quantitative estimate of drug-likeness (QED) is 0.766. The number of thiazole rings is 1. The zero-order chi connectivity index (χ0) is 17.3. The summed E-state index contributed by atoms with van der Waals surface area (Å²) in [7, 11) is 0. The molecule has 2 aromatic heterocycles. The summed E-state index contributed by atoms with van der Waals surface area (Å²) in [5, 5.41) is 3.19. The van der Waals surface area contributed by atoms with E-state index in [1.807, 2.05) is 18.2 Å². The van der Waals surface area contributed by atoms with Crippen LogP contribution in [0.3, 0.4) is 0 Å². The topological polar surface area (TPSA) is 64.1 Å². The lowest BCUT2D eigenvalue weighted by Crippen LogP contribution is -2.04. The second-order valence-corrected chi connectivity index (χ2v) is 6.13. The number of anilines is 1. The molecule has 124 valence electrons. The van der Waals surface area contributed by atoms with Gasteiger partial charge < -0.3 is 10.1 Å². The molecule has 5 nitrogen and oxygen atoms in total. The number of ether oxygens (including phenoxy) is 1. The second-order valence-electron chi connectivity index (χ2n) is 5.10. The van der Waals surface area contributed by atoms with Crippen LogP contribution in [-0.2, 0) is 4.79 Å². The number of rotatable bonds is 4. The molecule has 0 spiro atoms. The Bertz CT molecular complexity index is 911. The highest BCUT2D eigenvalue weighted by Gasteiger charge is 2.11. The highest BCUT2D eigenvalue weighted by molar-refractivity contribution is 7.22. The lowest BCUT2D eigenvalue weighted by atomic mass is 10.0. The van der Waals surface area contributed by atoms with Crippen LogP contribution in [0.2, 0.25) is 0 Å². The standard InChI is InChI=1S/C16H13F2N3O2S/c1-8-5-14(23-15(17)18)19-7-11(8)10-3-4-12-13(6-10)24-16(21-12)20-9(2)22/h3-7,15H,1-2H3,(H,20,21,22). The third-order valence-corrected chi connectivity index (χ3v) is 4.21. The molecule has 24 heavy (non-hydrogen) atoms. The van der Waals surface area contributed by atoms with Gasteiger partial charge in [-0.25, -0.2) is 9.97 Å². The molecule has 2 heterocycles. The molecule has 0 aliphatic carbocycles. The number of nitrogens with zero attached hydrogens (tertiary/aromatic N) is 2. The predicted molar refractivity (Wildman–Crippen MR) is 88.5 cm³/mol. The number of aromatic nitrogens is 2. The van der Waals surface area contributed by atoms with Gasteiger partial charge in [-0.1, -0.05) is 17.4 Å². The first-order valence-corrected chi connectivity index (χ1v) is 7.84. The van der Waals surface area contributed by atoms with Crippen LogP contribution in [-0.4, -0.2) is 22.5 Å². The number of halogens is 2. The molecule has 3 aromatic rings. The van der Waals surface area contributed by atoms with Crippen LogP contribution in [0.5, 0.6) is 5.88 Å². The van der Waals surface area contributed by atoms with Crippen molar-refractivity contribution in [1.82, 2.24) is 9.97 Å². The summed E-state index contributed by atoms with van der Waals surface area (Å²) in [6.07, 6.45) is 1.50. The number of hydrogen-bond donors (Lipinski definition) is 1. The number of carbonyl (C=O) groups excluding carboxylic acids is 1. The summed E-state index contributed by atoms with van der Waals surface area (Å²) in [6, 6.07) is 7.11. The molecule has 0 fully saturated rings. The first-order valence-electron chi connectivity index (χ1n) is 7.02. The Labute approximate surface area is 140 Å². The monoisotopic (exact) mass is 349 g/mol. The molecular formula is C16H13F2N3O2S. The minimum absolute atomic E-state index is 0.113. The largest absolute Gasteiger partial charge is 0.417 e. The van der Waals surface area contributed by atoms with Gasteiger partial charge in [-0.05, 0) is 30.2 Å². The number of fused-ring (bicyclic) bond motifs is 1. The number of alkyl halides is 2. The smallest absolute Gasteiger partial charge is 0.388 e. The van der Waals surface area contributed by atoms with E-state index in [9.17, 15) is 13.6 Å². The average molecular weight is 349 g/mol. The first-order chi connectivity index (χ1) is 11.4. The third-order valence-electron chi connectivity index (χ3n) is 3.28. The molecule has 0 unspecified atom stereocenters. The predicted octanol–water partition coefficient (Wildman–Crippen LogP) is 4.23. The second kappa shape index (κ2) is 6.48. The van der Waals surface area contributed by atoms with Crippen molar-refractivity contribution in [2.75, 3.05) is 5.32 Å². The van der Waals surface area contributed by atoms with Gasteiger partial charge in [0, 0.05) is 24.8 Å². The number of benzene rings is 1. The van der Waals surface area contributed by atoms with Crippen molar-refractivity contribution in [3.8, 4) is 17.0 Å². The van der Waals surface area contributed by atoms with Crippen LogP contribution >= 0.6 is 11.3 Å². The molecule has 0 saturated heterocycles. The molecule has 0 radical (unpaired) electrons. The summed E-state index contributed by atoms with van der Waals surface area (Å²) in [5.74, 6) is -0.290. The van der Waals surface area contributed by atoms with E-state index < -0.39 is 6.61 Å². The SMILES string of the molecule is CC(=O)Nc1nc2ccc(-c3cnc(OC(F)F)cc3C)cc2s1. The van der Waals surface area contributed by atoms with Gasteiger partial charge in [-0.3, -0.25) is 4.79 Å². The molecule has 0 atom stereocenters. The van der Waals surface area contributed by atoms with Gasteiger partial charge in [0.1, 0.15) is 0 Å². The third kappa shape index (κ3) is 3.48. The molecule has 1 N–H and O–H groups in total. The number of amides is 1. The van der Waals surface area contributed by atoms with E-state index in [1.165, 1.54) is 30.5 Å². The minimum Gasteiger partial charge on any atom is -0.417 e. The Kier molecular flexibility index (Phi) is 4.39. The summed E-state index contributed by atoms with van der Waals surface area (Å²) in [6.45, 7) is 0.327. The van der Waals surface area contributed by atoms with Gasteiger partial charge in [0.05, 0.1) is 10.2 Å². The van der Waals surface area contributed by atoms with E-state index in [0.717, 1.165) is 26.9 Å². The maximum Gasteiger partial charge on any atom is 0.388 e. The summed E-state index contributed by atoms with van der Waals surface area (Å²) in [4.78, 5) is 19.3. The highest BCUT2D eigenvalue weighted by atomic mass is 32.1. The fourth-order valence-electron chi connectivity index (χ4n) is 2.28. The zero-order valence-corrected chi connectivity index (χ0v) is 13.7. The van der Waals surface area contributed by atoms with Crippen LogP contribution in [0.15, 0.2) is 30.5 Å². The Morgan fingerprint density at radius 1 is 1.33 bits per heavy atom. The summed E-state index contributed by atoms with van der Waals surface area (Å²) < 4.78 is 29.7. The zero-order valence-electron chi connectivity index (χ0n) is 12.8. The molecule has 3 rings (SSSR count). The van der Waals surface area contributed by atoms with Crippen LogP contribution in [0.25, 0.3) is 21.3 Å². The number of pyridine rings is 1. The number of carbonyl (C=O) groups is 1. The molecule has 1 aromatic carbocycles. The first kappa shape index (κ1) is 16.3. The Morgan fingerprint density at radius 2 is 2.12 bits per heavy atom. The average Bonchev–Trinajstić information content (AvgIpc) is 2.87. The number of hydrogen-bond acceptors (Lipinski definition) is 5. The van der Waals surface area contributed by atoms with Crippen molar-refractivity contribution >= 4 is 32.6 Å². The van der Waals surface area contributed by atoms with Crippen molar-refractivity contribution < 1.29 is 18.3 Å². The van der Waals surface area contributed by atoms with E-state index in [2.05, 4.69) is 20.0 Å². The Hall–Kier alpha value is -2.61. The van der Waals surface area contributed by atoms with E-state index in [0.29, 0.717) is 5.13 Å². The number of aryl methyl sites for hydroxylation is 1. The van der Waals surface area contributed by atoms with Gasteiger partial charge in [-0.15, -0.1) is 0 Å². The van der Waals surface area contributed by atoms with Crippen LogP contribution in [0.4, 0.5) is 13.9 Å². The number of nitrogens with one attached hydrogen (secondary N) is 1. The molecule has 1 amide bonds. The lowest BCUT2D eigenvalue weighted by Gasteiger charge is -2.08. The van der Waals surface area contributed by atoms with E-state index in [4.69, 9.17) is 0 Å². The van der Waals surface area contributed by atoms with Crippen molar-refractivity contribution in [2.45, 2.75) is 20.5 Å². The molecule has 0 saturated carbocycles. The molecule has 8 heteroatoms. The summed E-state index contributed by atoms with van der Waals surface area (Å²) in [5.41, 5.74) is 3.24. The summed E-state index contributed by atoms with van der Waals surface area (Å²) >= 11 is 1.36. The Morgan fingerprint density at radius 3 is 2.79 bits per heavy atom. The van der Waals surface area contributed by atoms with Gasteiger partial charge in [0.15, 0.2) is 5.13 Å². The van der Waals surface area contributed by atoms with E-state index in [-0.39, 0.29) is 11.8 Å². The Balaban J connectivity index is 1.95. The highest BCUT2D eigenvalue weighted by Crippen LogP contribution is 2.32. The van der Waals surface area contributed by atoms with Crippen molar-refractivity contribution in [2.24, 2.45) is 0 Å². The lowest BCUT2D eigenvalue weighted by molar-refractivity contribution is -0.114. The van der Waals surface area contributed by atoms with Gasteiger partial charge in [0.2, 0.25) is 11.8 Å².